The highest BCUT2D eigenvalue weighted by Gasteiger charge is 2.13. The van der Waals surface area contributed by atoms with E-state index in [1.54, 1.807) is 0 Å². The molecule has 0 aliphatic rings. The summed E-state index contributed by atoms with van der Waals surface area (Å²) in [5.41, 5.74) is 1.99. The molecule has 0 unspecified atom stereocenters. The molecule has 14 heavy (non-hydrogen) atoms. The molecule has 1 aromatic carbocycles. The Balaban J connectivity index is 0.000000791. The zero-order valence-electron chi connectivity index (χ0n) is 9.69. The molecule has 0 bridgehead atoms. The van der Waals surface area contributed by atoms with E-state index in [2.05, 4.69) is 5.32 Å². The summed E-state index contributed by atoms with van der Waals surface area (Å²) in [7, 11) is 0. The van der Waals surface area contributed by atoms with Crippen molar-refractivity contribution in [2.24, 2.45) is 0 Å². The number of halogens is 1. The SMILES string of the molecule is CC.Cc1ccc(NC(C)(C)F)cc1. The molecule has 1 N–H and O–H groups in total. The van der Waals surface area contributed by atoms with Crippen molar-refractivity contribution in [3.63, 3.8) is 0 Å². The van der Waals surface area contributed by atoms with Crippen LogP contribution in [0.15, 0.2) is 24.3 Å². The number of hydrogen-bond acceptors (Lipinski definition) is 1. The number of anilines is 1. The van der Waals surface area contributed by atoms with Crippen LogP contribution in [0.3, 0.4) is 0 Å². The minimum absolute atomic E-state index is 0.813. The number of rotatable bonds is 2. The van der Waals surface area contributed by atoms with Crippen LogP contribution >= 0.6 is 0 Å². The first-order valence-electron chi connectivity index (χ1n) is 5.01. The van der Waals surface area contributed by atoms with Crippen LogP contribution in [0.4, 0.5) is 10.1 Å². The predicted octanol–water partition coefficient (Wildman–Crippen LogP) is 4.14. The van der Waals surface area contributed by atoms with Gasteiger partial charge < -0.3 is 5.32 Å². The molecule has 2 heteroatoms. The van der Waals surface area contributed by atoms with E-state index >= 15 is 0 Å². The molecule has 0 atom stereocenters. The highest BCUT2D eigenvalue weighted by atomic mass is 19.1. The molecular formula is C12H20FN. The lowest BCUT2D eigenvalue weighted by atomic mass is 10.2. The fourth-order valence-corrected chi connectivity index (χ4v) is 0.980. The lowest BCUT2D eigenvalue weighted by Gasteiger charge is -2.17. The first-order valence-corrected chi connectivity index (χ1v) is 5.01. The van der Waals surface area contributed by atoms with Gasteiger partial charge in [-0.3, -0.25) is 0 Å². The summed E-state index contributed by atoms with van der Waals surface area (Å²) in [6.45, 7) is 8.99. The van der Waals surface area contributed by atoms with E-state index in [4.69, 9.17) is 0 Å². The Hall–Kier alpha value is -1.05. The average Bonchev–Trinajstić information content (AvgIpc) is 2.10. The maximum Gasteiger partial charge on any atom is 0.174 e. The number of nitrogens with one attached hydrogen (secondary N) is 1. The first kappa shape index (κ1) is 12.9. The third-order valence-corrected chi connectivity index (χ3v) is 1.49. The van der Waals surface area contributed by atoms with Crippen molar-refractivity contribution in [2.75, 3.05) is 5.32 Å². The summed E-state index contributed by atoms with van der Waals surface area (Å²) in [6, 6.07) is 7.65. The maximum absolute atomic E-state index is 13.1. The van der Waals surface area contributed by atoms with Crippen LogP contribution in [0, 0.1) is 6.92 Å². The van der Waals surface area contributed by atoms with Crippen LogP contribution in [0.2, 0.25) is 0 Å². The van der Waals surface area contributed by atoms with Gasteiger partial charge >= 0.3 is 0 Å². The third-order valence-electron chi connectivity index (χ3n) is 1.49. The van der Waals surface area contributed by atoms with Crippen molar-refractivity contribution in [3.8, 4) is 0 Å². The highest BCUT2D eigenvalue weighted by Crippen LogP contribution is 2.15. The van der Waals surface area contributed by atoms with Gasteiger partial charge in [0.05, 0.1) is 0 Å². The second-order valence-electron chi connectivity index (χ2n) is 3.46. The van der Waals surface area contributed by atoms with E-state index in [9.17, 15) is 4.39 Å². The van der Waals surface area contributed by atoms with Crippen molar-refractivity contribution in [2.45, 2.75) is 40.4 Å². The molecule has 0 aromatic heterocycles. The minimum Gasteiger partial charge on any atom is -0.354 e. The van der Waals surface area contributed by atoms with Crippen LogP contribution in [-0.2, 0) is 0 Å². The summed E-state index contributed by atoms with van der Waals surface area (Å²) in [4.78, 5) is 0. The standard InChI is InChI=1S/C10H14FN.C2H6/c1-8-4-6-9(7-5-8)12-10(2,3)11;1-2/h4-7,12H,1-3H3;1-2H3. The Kier molecular flexibility index (Phi) is 5.21. The third kappa shape index (κ3) is 5.57. The Morgan fingerprint density at radius 2 is 1.50 bits per heavy atom. The average molecular weight is 197 g/mol. The maximum atomic E-state index is 13.1. The van der Waals surface area contributed by atoms with Gasteiger partial charge in [-0.05, 0) is 32.9 Å². The van der Waals surface area contributed by atoms with Gasteiger partial charge in [-0.2, -0.15) is 0 Å². The van der Waals surface area contributed by atoms with Crippen molar-refractivity contribution >= 4 is 5.69 Å². The van der Waals surface area contributed by atoms with E-state index in [1.165, 1.54) is 19.4 Å². The summed E-state index contributed by atoms with van der Waals surface area (Å²) in [6.07, 6.45) is 0. The number of hydrogen-bond donors (Lipinski definition) is 1. The zero-order chi connectivity index (χ0) is 11.2. The van der Waals surface area contributed by atoms with Gasteiger partial charge in [0.25, 0.3) is 0 Å². The Morgan fingerprint density at radius 1 is 1.07 bits per heavy atom. The van der Waals surface area contributed by atoms with Crippen LogP contribution in [0.5, 0.6) is 0 Å². The molecule has 0 spiro atoms. The molecule has 0 heterocycles. The second kappa shape index (κ2) is 5.63. The largest absolute Gasteiger partial charge is 0.354 e. The Bertz CT molecular complexity index is 246. The number of aryl methyl sites for hydroxylation is 1. The minimum atomic E-state index is -1.35. The van der Waals surface area contributed by atoms with Gasteiger partial charge in [0, 0.05) is 5.69 Å². The molecule has 0 saturated heterocycles. The molecule has 0 fully saturated rings. The second-order valence-corrected chi connectivity index (χ2v) is 3.46. The first-order chi connectivity index (χ1) is 6.47. The topological polar surface area (TPSA) is 12.0 Å². The molecule has 1 aromatic rings. The Morgan fingerprint density at radius 3 is 1.86 bits per heavy atom. The summed E-state index contributed by atoms with van der Waals surface area (Å²) in [5.74, 6) is -1.35. The van der Waals surface area contributed by atoms with Crippen molar-refractivity contribution in [3.05, 3.63) is 29.8 Å². The van der Waals surface area contributed by atoms with Gasteiger partial charge in [0.1, 0.15) is 0 Å². The van der Waals surface area contributed by atoms with E-state index in [-0.39, 0.29) is 0 Å². The lowest BCUT2D eigenvalue weighted by molar-refractivity contribution is 0.258. The number of alkyl halides is 1. The predicted molar refractivity (Wildman–Crippen MR) is 61.3 cm³/mol. The van der Waals surface area contributed by atoms with Crippen LogP contribution in [0.25, 0.3) is 0 Å². The van der Waals surface area contributed by atoms with Gasteiger partial charge in [-0.15, -0.1) is 0 Å². The van der Waals surface area contributed by atoms with Gasteiger partial charge in [-0.1, -0.05) is 31.5 Å². The van der Waals surface area contributed by atoms with E-state index in [1.807, 2.05) is 45.0 Å². The van der Waals surface area contributed by atoms with E-state index in [0.717, 1.165) is 5.69 Å². The molecule has 0 amide bonds. The van der Waals surface area contributed by atoms with Crippen LogP contribution < -0.4 is 5.32 Å². The lowest BCUT2D eigenvalue weighted by Crippen LogP contribution is -2.24. The molecule has 0 aliphatic heterocycles. The molecule has 0 radical (unpaired) electrons. The summed E-state index contributed by atoms with van der Waals surface area (Å²) in [5, 5.41) is 2.74. The summed E-state index contributed by atoms with van der Waals surface area (Å²) >= 11 is 0. The monoisotopic (exact) mass is 197 g/mol. The molecule has 1 nitrogen and oxygen atoms in total. The molecular weight excluding hydrogens is 177 g/mol. The zero-order valence-corrected chi connectivity index (χ0v) is 9.69. The van der Waals surface area contributed by atoms with E-state index < -0.39 is 5.79 Å². The van der Waals surface area contributed by atoms with Gasteiger partial charge in [0.2, 0.25) is 0 Å². The number of benzene rings is 1. The van der Waals surface area contributed by atoms with Crippen LogP contribution in [-0.4, -0.2) is 5.79 Å². The highest BCUT2D eigenvalue weighted by molar-refractivity contribution is 5.45. The fraction of sp³-hybridized carbons (Fsp3) is 0.500. The quantitative estimate of drug-likeness (QED) is 0.703. The van der Waals surface area contributed by atoms with Crippen molar-refractivity contribution < 1.29 is 4.39 Å². The van der Waals surface area contributed by atoms with E-state index in [0.29, 0.717) is 0 Å². The smallest absolute Gasteiger partial charge is 0.174 e. The molecule has 80 valence electrons. The fourth-order valence-electron chi connectivity index (χ4n) is 0.980. The summed E-state index contributed by atoms with van der Waals surface area (Å²) < 4.78 is 13.1. The van der Waals surface area contributed by atoms with Crippen molar-refractivity contribution in [1.29, 1.82) is 0 Å². The normalized spacial score (nSPS) is 10.1. The van der Waals surface area contributed by atoms with Gasteiger partial charge in [0.15, 0.2) is 5.79 Å². The Labute approximate surface area is 86.3 Å². The molecule has 1 rings (SSSR count). The van der Waals surface area contributed by atoms with Gasteiger partial charge in [-0.25, -0.2) is 4.39 Å². The van der Waals surface area contributed by atoms with Crippen LogP contribution in [0.1, 0.15) is 33.3 Å². The van der Waals surface area contributed by atoms with Crippen molar-refractivity contribution in [1.82, 2.24) is 0 Å². The molecule has 0 saturated carbocycles. The molecule has 0 aliphatic carbocycles.